The monoisotopic (exact) mass is 216 g/mol. The molecule has 4 nitrogen and oxygen atoms in total. The van der Waals surface area contributed by atoms with Gasteiger partial charge in [-0.1, -0.05) is 13.8 Å². The van der Waals surface area contributed by atoms with Crippen LogP contribution in [0.3, 0.4) is 0 Å². The lowest BCUT2D eigenvalue weighted by Gasteiger charge is -2.22. The third-order valence-electron chi connectivity index (χ3n) is 1.82. The molecule has 4 heteroatoms. The van der Waals surface area contributed by atoms with E-state index in [0.717, 1.165) is 6.42 Å². The quantitative estimate of drug-likeness (QED) is 0.659. The number of ether oxygens (including phenoxy) is 2. The van der Waals surface area contributed by atoms with Crippen LogP contribution >= 0.6 is 0 Å². The molecular formula is C11H20O4. The summed E-state index contributed by atoms with van der Waals surface area (Å²) in [5.74, 6) is -0.506. The second-order valence-electron chi connectivity index (χ2n) is 4.42. The van der Waals surface area contributed by atoms with Crippen LogP contribution in [0.4, 0.5) is 0 Å². The Morgan fingerprint density at radius 2 is 1.80 bits per heavy atom. The standard InChI is InChI=1S/C11H20O4/c1-8(2)6-7-14-10(13)11(4,5)15-9(3)12/h8H,6-7H2,1-5H3. The maximum atomic E-state index is 11.5. The van der Waals surface area contributed by atoms with Crippen LogP contribution in [0.25, 0.3) is 0 Å². The largest absolute Gasteiger partial charge is 0.463 e. The highest BCUT2D eigenvalue weighted by Crippen LogP contribution is 2.12. The van der Waals surface area contributed by atoms with Gasteiger partial charge in [-0.05, 0) is 26.2 Å². The Labute approximate surface area is 90.9 Å². The molecule has 0 fully saturated rings. The maximum absolute atomic E-state index is 11.5. The second-order valence-corrected chi connectivity index (χ2v) is 4.42. The molecule has 0 unspecified atom stereocenters. The highest BCUT2D eigenvalue weighted by atomic mass is 16.6. The van der Waals surface area contributed by atoms with Crippen molar-refractivity contribution in [2.24, 2.45) is 5.92 Å². The van der Waals surface area contributed by atoms with Crippen LogP contribution in [0.5, 0.6) is 0 Å². The first-order valence-corrected chi connectivity index (χ1v) is 5.12. The van der Waals surface area contributed by atoms with E-state index in [9.17, 15) is 9.59 Å². The molecule has 0 aromatic carbocycles. The van der Waals surface area contributed by atoms with Crippen LogP contribution < -0.4 is 0 Å². The van der Waals surface area contributed by atoms with Crippen molar-refractivity contribution in [2.75, 3.05) is 6.61 Å². The SMILES string of the molecule is CC(=O)OC(C)(C)C(=O)OCCC(C)C. The molecule has 0 rings (SSSR count). The van der Waals surface area contributed by atoms with E-state index in [0.29, 0.717) is 12.5 Å². The summed E-state index contributed by atoms with van der Waals surface area (Å²) in [5, 5.41) is 0. The summed E-state index contributed by atoms with van der Waals surface area (Å²) in [5.41, 5.74) is -1.19. The van der Waals surface area contributed by atoms with Crippen molar-refractivity contribution in [1.82, 2.24) is 0 Å². The summed E-state index contributed by atoms with van der Waals surface area (Å²) >= 11 is 0. The molecule has 0 aromatic heterocycles. The van der Waals surface area contributed by atoms with Crippen molar-refractivity contribution >= 4 is 11.9 Å². The fraction of sp³-hybridized carbons (Fsp3) is 0.818. The smallest absolute Gasteiger partial charge is 0.350 e. The number of hydrogen-bond acceptors (Lipinski definition) is 4. The lowest BCUT2D eigenvalue weighted by atomic mass is 10.1. The number of hydrogen-bond donors (Lipinski definition) is 0. The molecule has 0 heterocycles. The van der Waals surface area contributed by atoms with E-state index >= 15 is 0 Å². The van der Waals surface area contributed by atoms with Crippen molar-refractivity contribution in [1.29, 1.82) is 0 Å². The zero-order chi connectivity index (χ0) is 12.1. The minimum Gasteiger partial charge on any atom is -0.463 e. The Morgan fingerprint density at radius 1 is 1.27 bits per heavy atom. The molecule has 0 N–H and O–H groups in total. The first-order valence-electron chi connectivity index (χ1n) is 5.12. The minimum atomic E-state index is -1.19. The van der Waals surface area contributed by atoms with Crippen LogP contribution in [-0.2, 0) is 19.1 Å². The lowest BCUT2D eigenvalue weighted by Crippen LogP contribution is -2.38. The van der Waals surface area contributed by atoms with Gasteiger partial charge in [0.25, 0.3) is 0 Å². The number of esters is 2. The van der Waals surface area contributed by atoms with Crippen LogP contribution in [0.15, 0.2) is 0 Å². The molecule has 0 saturated carbocycles. The third kappa shape index (κ3) is 6.10. The van der Waals surface area contributed by atoms with E-state index < -0.39 is 17.5 Å². The molecule has 88 valence electrons. The van der Waals surface area contributed by atoms with Crippen molar-refractivity contribution in [3.63, 3.8) is 0 Å². The first kappa shape index (κ1) is 13.9. The predicted octanol–water partition coefficient (Wildman–Crippen LogP) is 1.92. The van der Waals surface area contributed by atoms with Gasteiger partial charge in [-0.2, -0.15) is 0 Å². The zero-order valence-electron chi connectivity index (χ0n) is 10.1. The van der Waals surface area contributed by atoms with Crippen LogP contribution in [0.1, 0.15) is 41.0 Å². The highest BCUT2D eigenvalue weighted by molar-refractivity contribution is 5.81. The molecule has 0 aliphatic carbocycles. The van der Waals surface area contributed by atoms with Gasteiger partial charge in [0.15, 0.2) is 0 Å². The van der Waals surface area contributed by atoms with Gasteiger partial charge >= 0.3 is 11.9 Å². The van der Waals surface area contributed by atoms with E-state index in [1.54, 1.807) is 0 Å². The molecule has 0 aliphatic rings. The van der Waals surface area contributed by atoms with Gasteiger partial charge in [-0.3, -0.25) is 4.79 Å². The van der Waals surface area contributed by atoms with Gasteiger partial charge in [0.2, 0.25) is 5.60 Å². The Balaban J connectivity index is 4.02. The van der Waals surface area contributed by atoms with Gasteiger partial charge in [-0.15, -0.1) is 0 Å². The zero-order valence-corrected chi connectivity index (χ0v) is 10.1. The Bertz CT molecular complexity index is 231. The lowest BCUT2D eigenvalue weighted by molar-refractivity contribution is -0.177. The topological polar surface area (TPSA) is 52.6 Å². The summed E-state index contributed by atoms with van der Waals surface area (Å²) in [6, 6.07) is 0. The van der Waals surface area contributed by atoms with Gasteiger partial charge in [0, 0.05) is 6.92 Å². The Kier molecular flexibility index (Phi) is 5.33. The first-order chi connectivity index (χ1) is 6.75. The highest BCUT2D eigenvalue weighted by Gasteiger charge is 2.32. The predicted molar refractivity (Wildman–Crippen MR) is 56.3 cm³/mol. The molecule has 15 heavy (non-hydrogen) atoms. The van der Waals surface area contributed by atoms with Crippen LogP contribution in [-0.4, -0.2) is 24.1 Å². The average Bonchev–Trinajstić information content (AvgIpc) is 2.00. The van der Waals surface area contributed by atoms with E-state index in [1.165, 1.54) is 20.8 Å². The van der Waals surface area contributed by atoms with E-state index in [2.05, 4.69) is 0 Å². The van der Waals surface area contributed by atoms with E-state index in [1.807, 2.05) is 13.8 Å². The van der Waals surface area contributed by atoms with Gasteiger partial charge in [0.05, 0.1) is 6.61 Å². The van der Waals surface area contributed by atoms with Crippen molar-refractivity contribution in [3.05, 3.63) is 0 Å². The molecule has 0 saturated heterocycles. The molecule has 0 aliphatic heterocycles. The fourth-order valence-electron chi connectivity index (χ4n) is 0.962. The van der Waals surface area contributed by atoms with Crippen molar-refractivity contribution in [2.45, 2.75) is 46.6 Å². The summed E-state index contributed by atoms with van der Waals surface area (Å²) in [4.78, 5) is 22.2. The third-order valence-corrected chi connectivity index (χ3v) is 1.82. The summed E-state index contributed by atoms with van der Waals surface area (Å²) < 4.78 is 9.85. The fourth-order valence-corrected chi connectivity index (χ4v) is 0.962. The van der Waals surface area contributed by atoms with E-state index in [4.69, 9.17) is 9.47 Å². The van der Waals surface area contributed by atoms with Gasteiger partial charge < -0.3 is 9.47 Å². The summed E-state index contributed by atoms with van der Waals surface area (Å²) in [6.45, 7) is 8.76. The van der Waals surface area contributed by atoms with Gasteiger partial charge in [0.1, 0.15) is 0 Å². The molecule has 0 aromatic rings. The number of rotatable bonds is 5. The molecule has 0 bridgehead atoms. The minimum absolute atomic E-state index is 0.362. The Morgan fingerprint density at radius 3 is 2.20 bits per heavy atom. The van der Waals surface area contributed by atoms with Crippen molar-refractivity contribution in [3.8, 4) is 0 Å². The molecular weight excluding hydrogens is 196 g/mol. The Hall–Kier alpha value is -1.06. The average molecular weight is 216 g/mol. The summed E-state index contributed by atoms with van der Waals surface area (Å²) in [7, 11) is 0. The molecule has 0 radical (unpaired) electrons. The van der Waals surface area contributed by atoms with Crippen molar-refractivity contribution < 1.29 is 19.1 Å². The van der Waals surface area contributed by atoms with E-state index in [-0.39, 0.29) is 0 Å². The summed E-state index contributed by atoms with van der Waals surface area (Å²) in [6.07, 6.45) is 0.807. The van der Waals surface area contributed by atoms with Gasteiger partial charge in [-0.25, -0.2) is 4.79 Å². The maximum Gasteiger partial charge on any atom is 0.350 e. The number of carbonyl (C=O) groups excluding carboxylic acids is 2. The second kappa shape index (κ2) is 5.73. The molecule has 0 atom stereocenters. The molecule has 0 spiro atoms. The number of carbonyl (C=O) groups is 2. The normalized spacial score (nSPS) is 11.3. The van der Waals surface area contributed by atoms with Crippen LogP contribution in [0, 0.1) is 5.92 Å². The van der Waals surface area contributed by atoms with Crippen LogP contribution in [0.2, 0.25) is 0 Å². The molecule has 0 amide bonds.